The SMILES string of the molecule is Cc1ccc(CNC(=O)Cn2cnc3c([nH]c4ccccc43)c2=O)cc1. The van der Waals surface area contributed by atoms with Gasteiger partial charge < -0.3 is 10.3 Å². The summed E-state index contributed by atoms with van der Waals surface area (Å²) in [6, 6.07) is 15.6. The van der Waals surface area contributed by atoms with E-state index < -0.39 is 0 Å². The Kier molecular flexibility index (Phi) is 4.01. The molecule has 0 radical (unpaired) electrons. The van der Waals surface area contributed by atoms with E-state index in [4.69, 9.17) is 0 Å². The molecule has 1 amide bonds. The number of amides is 1. The monoisotopic (exact) mass is 346 g/mol. The molecule has 0 saturated heterocycles. The summed E-state index contributed by atoms with van der Waals surface area (Å²) in [6.45, 7) is 2.38. The zero-order valence-corrected chi connectivity index (χ0v) is 14.3. The number of rotatable bonds is 4. The van der Waals surface area contributed by atoms with Crippen LogP contribution in [-0.2, 0) is 17.9 Å². The lowest BCUT2D eigenvalue weighted by Gasteiger charge is -2.07. The number of aryl methyl sites for hydroxylation is 1. The van der Waals surface area contributed by atoms with Gasteiger partial charge in [0.1, 0.15) is 17.6 Å². The Labute approximate surface area is 149 Å². The number of nitrogens with zero attached hydrogens (tertiary/aromatic N) is 2. The van der Waals surface area contributed by atoms with Crippen LogP contribution in [0.4, 0.5) is 0 Å². The fourth-order valence-electron chi connectivity index (χ4n) is 2.97. The average Bonchev–Trinajstić information content (AvgIpc) is 3.03. The predicted molar refractivity (Wildman–Crippen MR) is 101 cm³/mol. The molecule has 6 nitrogen and oxygen atoms in total. The number of carbonyl (C=O) groups is 1. The molecule has 0 atom stereocenters. The van der Waals surface area contributed by atoms with Crippen LogP contribution < -0.4 is 10.9 Å². The largest absolute Gasteiger partial charge is 0.350 e. The van der Waals surface area contributed by atoms with Gasteiger partial charge in [0.2, 0.25) is 5.91 Å². The standard InChI is InChI=1S/C20H18N4O2/c1-13-6-8-14(9-7-13)10-21-17(25)11-24-12-22-18-15-4-2-3-5-16(15)23-19(18)20(24)26/h2-9,12,23H,10-11H2,1H3,(H,21,25). The first kappa shape index (κ1) is 16.1. The molecule has 0 saturated carbocycles. The molecule has 2 aromatic heterocycles. The summed E-state index contributed by atoms with van der Waals surface area (Å²) in [4.78, 5) is 32.3. The third-order valence-corrected chi connectivity index (χ3v) is 4.40. The minimum atomic E-state index is -0.253. The Bertz CT molecular complexity index is 1160. The Morgan fingerprint density at radius 2 is 1.92 bits per heavy atom. The zero-order valence-electron chi connectivity index (χ0n) is 14.3. The average molecular weight is 346 g/mol. The minimum absolute atomic E-state index is 0.0665. The maximum absolute atomic E-state index is 12.7. The highest BCUT2D eigenvalue weighted by Gasteiger charge is 2.12. The Balaban J connectivity index is 1.54. The van der Waals surface area contributed by atoms with Crippen molar-refractivity contribution in [2.24, 2.45) is 0 Å². The summed E-state index contributed by atoms with van der Waals surface area (Å²) >= 11 is 0. The molecule has 4 rings (SSSR count). The van der Waals surface area contributed by atoms with Crippen LogP contribution in [0, 0.1) is 6.92 Å². The van der Waals surface area contributed by atoms with Crippen LogP contribution in [0.2, 0.25) is 0 Å². The van der Waals surface area contributed by atoms with E-state index >= 15 is 0 Å². The second-order valence-electron chi connectivity index (χ2n) is 6.33. The van der Waals surface area contributed by atoms with Crippen molar-refractivity contribution in [3.63, 3.8) is 0 Å². The van der Waals surface area contributed by atoms with Crippen LogP contribution in [0.25, 0.3) is 21.9 Å². The number of aromatic amines is 1. The van der Waals surface area contributed by atoms with E-state index in [1.54, 1.807) is 0 Å². The topological polar surface area (TPSA) is 79.8 Å². The van der Waals surface area contributed by atoms with E-state index in [0.29, 0.717) is 17.6 Å². The smallest absolute Gasteiger partial charge is 0.278 e. The maximum atomic E-state index is 12.7. The molecule has 4 aromatic rings. The highest BCUT2D eigenvalue weighted by molar-refractivity contribution is 6.04. The van der Waals surface area contributed by atoms with Crippen LogP contribution in [-0.4, -0.2) is 20.4 Å². The number of carbonyl (C=O) groups excluding carboxylic acids is 1. The van der Waals surface area contributed by atoms with Gasteiger partial charge in [0.05, 0.1) is 6.33 Å². The first-order chi connectivity index (χ1) is 12.6. The number of aromatic nitrogens is 3. The van der Waals surface area contributed by atoms with Crippen LogP contribution in [0.15, 0.2) is 59.7 Å². The quantitative estimate of drug-likeness (QED) is 0.596. The first-order valence-corrected chi connectivity index (χ1v) is 8.40. The summed E-state index contributed by atoms with van der Waals surface area (Å²) in [7, 11) is 0. The molecule has 0 aliphatic heterocycles. The Morgan fingerprint density at radius 1 is 1.15 bits per heavy atom. The molecule has 0 unspecified atom stereocenters. The zero-order chi connectivity index (χ0) is 18.1. The summed E-state index contributed by atoms with van der Waals surface area (Å²) in [5.41, 5.74) is 3.83. The second-order valence-corrected chi connectivity index (χ2v) is 6.33. The van der Waals surface area contributed by atoms with Gasteiger partial charge in [0, 0.05) is 17.4 Å². The number of nitrogens with one attached hydrogen (secondary N) is 2. The molecule has 130 valence electrons. The summed E-state index contributed by atoms with van der Waals surface area (Å²) in [6.07, 6.45) is 1.43. The third kappa shape index (κ3) is 2.97. The molecule has 0 aliphatic rings. The highest BCUT2D eigenvalue weighted by atomic mass is 16.2. The van der Waals surface area contributed by atoms with Crippen molar-refractivity contribution < 1.29 is 4.79 Å². The van der Waals surface area contributed by atoms with Crippen LogP contribution in [0.3, 0.4) is 0 Å². The van der Waals surface area contributed by atoms with Gasteiger partial charge in [0.15, 0.2) is 0 Å². The fraction of sp³-hybridized carbons (Fsp3) is 0.150. The summed E-state index contributed by atoms with van der Waals surface area (Å²) in [5, 5.41) is 3.73. The highest BCUT2D eigenvalue weighted by Crippen LogP contribution is 2.20. The summed E-state index contributed by atoms with van der Waals surface area (Å²) in [5.74, 6) is -0.232. The van der Waals surface area contributed by atoms with E-state index in [0.717, 1.165) is 16.5 Å². The van der Waals surface area contributed by atoms with Gasteiger partial charge in [-0.1, -0.05) is 48.0 Å². The lowest BCUT2D eigenvalue weighted by atomic mass is 10.1. The van der Waals surface area contributed by atoms with Crippen molar-refractivity contribution in [3.05, 3.63) is 76.3 Å². The van der Waals surface area contributed by atoms with Crippen LogP contribution in [0.5, 0.6) is 0 Å². The van der Waals surface area contributed by atoms with Gasteiger partial charge in [-0.15, -0.1) is 0 Å². The molecular weight excluding hydrogens is 328 g/mol. The molecule has 26 heavy (non-hydrogen) atoms. The molecule has 0 aliphatic carbocycles. The van der Waals surface area contributed by atoms with E-state index in [-0.39, 0.29) is 18.0 Å². The van der Waals surface area contributed by atoms with E-state index in [9.17, 15) is 9.59 Å². The van der Waals surface area contributed by atoms with Crippen molar-refractivity contribution in [1.29, 1.82) is 0 Å². The molecule has 2 heterocycles. The van der Waals surface area contributed by atoms with E-state index in [1.807, 2.05) is 55.5 Å². The third-order valence-electron chi connectivity index (χ3n) is 4.40. The summed E-state index contributed by atoms with van der Waals surface area (Å²) < 4.78 is 1.32. The number of para-hydroxylation sites is 1. The number of H-pyrrole nitrogens is 1. The number of benzene rings is 2. The van der Waals surface area contributed by atoms with Crippen molar-refractivity contribution in [3.8, 4) is 0 Å². The van der Waals surface area contributed by atoms with Crippen LogP contribution >= 0.6 is 0 Å². The molecule has 0 spiro atoms. The van der Waals surface area contributed by atoms with E-state index in [2.05, 4.69) is 15.3 Å². The predicted octanol–water partition coefficient (Wildman–Crippen LogP) is 2.50. The number of fused-ring (bicyclic) bond motifs is 3. The lowest BCUT2D eigenvalue weighted by Crippen LogP contribution is -2.32. The molecule has 2 N–H and O–H groups in total. The van der Waals surface area contributed by atoms with Gasteiger partial charge in [-0.05, 0) is 18.6 Å². The molecular formula is C20H18N4O2. The maximum Gasteiger partial charge on any atom is 0.278 e. The molecule has 0 bridgehead atoms. The van der Waals surface area contributed by atoms with Crippen molar-refractivity contribution in [2.75, 3.05) is 0 Å². The van der Waals surface area contributed by atoms with Crippen molar-refractivity contribution in [1.82, 2.24) is 19.9 Å². The van der Waals surface area contributed by atoms with Gasteiger partial charge in [-0.25, -0.2) is 4.98 Å². The normalized spacial score (nSPS) is 11.1. The molecule has 6 heteroatoms. The first-order valence-electron chi connectivity index (χ1n) is 8.40. The van der Waals surface area contributed by atoms with Gasteiger partial charge in [-0.3, -0.25) is 14.2 Å². The van der Waals surface area contributed by atoms with Crippen molar-refractivity contribution >= 4 is 27.8 Å². The van der Waals surface area contributed by atoms with Gasteiger partial charge in [0.25, 0.3) is 5.56 Å². The van der Waals surface area contributed by atoms with E-state index in [1.165, 1.54) is 16.5 Å². The minimum Gasteiger partial charge on any atom is -0.350 e. The molecule has 0 fully saturated rings. The lowest BCUT2D eigenvalue weighted by molar-refractivity contribution is -0.121. The number of hydrogen-bond acceptors (Lipinski definition) is 3. The fourth-order valence-corrected chi connectivity index (χ4v) is 2.97. The Hall–Kier alpha value is -3.41. The second kappa shape index (κ2) is 6.48. The number of hydrogen-bond donors (Lipinski definition) is 2. The van der Waals surface area contributed by atoms with Crippen LogP contribution in [0.1, 0.15) is 11.1 Å². The van der Waals surface area contributed by atoms with Crippen molar-refractivity contribution in [2.45, 2.75) is 20.0 Å². The Morgan fingerprint density at radius 3 is 2.73 bits per heavy atom. The van der Waals surface area contributed by atoms with Gasteiger partial charge >= 0.3 is 0 Å². The van der Waals surface area contributed by atoms with Gasteiger partial charge in [-0.2, -0.15) is 0 Å². The molecule has 2 aromatic carbocycles.